The number of carboxylic acids is 1. The average molecular weight is 307 g/mol. The fraction of sp³-hybridized carbons (Fsp3) is 0.417. The number of carbonyl (C=O) groups is 1. The van der Waals surface area contributed by atoms with Crippen molar-refractivity contribution in [3.8, 4) is 0 Å². The molecule has 1 aliphatic rings. The molecule has 110 valence electrons. The number of hydrogen-bond donors (Lipinski definition) is 2. The Hall–Kier alpha value is -1.41. The van der Waals surface area contributed by atoms with Gasteiger partial charge in [-0.3, -0.25) is 14.3 Å². The summed E-state index contributed by atoms with van der Waals surface area (Å²) < 4.78 is 49.0. The number of alkyl halides is 3. The van der Waals surface area contributed by atoms with Gasteiger partial charge in [0, 0.05) is 28.3 Å². The summed E-state index contributed by atoms with van der Waals surface area (Å²) in [4.78, 5) is 10.9. The third-order valence-corrected chi connectivity index (χ3v) is 4.46. The molecule has 1 aromatic carbocycles. The molecular formula is C12H12F3NO3S. The normalized spacial score (nSPS) is 27.2. The van der Waals surface area contributed by atoms with Crippen LogP contribution in [-0.4, -0.2) is 32.8 Å². The Balaban J connectivity index is 2.18. The van der Waals surface area contributed by atoms with Crippen LogP contribution < -0.4 is 5.32 Å². The summed E-state index contributed by atoms with van der Waals surface area (Å²) in [5.74, 6) is -0.920. The molecule has 0 saturated carbocycles. The van der Waals surface area contributed by atoms with Crippen molar-refractivity contribution in [2.24, 2.45) is 0 Å². The van der Waals surface area contributed by atoms with Crippen molar-refractivity contribution in [3.05, 3.63) is 35.4 Å². The third-order valence-electron chi connectivity index (χ3n) is 3.05. The molecule has 8 heteroatoms. The molecule has 1 aromatic rings. The largest absolute Gasteiger partial charge is 0.480 e. The molecule has 0 radical (unpaired) electrons. The van der Waals surface area contributed by atoms with Crippen LogP contribution >= 0.6 is 0 Å². The van der Waals surface area contributed by atoms with Crippen LogP contribution in [0.25, 0.3) is 0 Å². The lowest BCUT2D eigenvalue weighted by Gasteiger charge is -2.28. The van der Waals surface area contributed by atoms with Gasteiger partial charge in [-0.1, -0.05) is 12.1 Å². The van der Waals surface area contributed by atoms with Crippen molar-refractivity contribution in [3.63, 3.8) is 0 Å². The fourth-order valence-electron chi connectivity index (χ4n) is 2.02. The fourth-order valence-corrected chi connectivity index (χ4v) is 3.43. The predicted molar refractivity (Wildman–Crippen MR) is 66.6 cm³/mol. The van der Waals surface area contributed by atoms with E-state index in [1.54, 1.807) is 0 Å². The van der Waals surface area contributed by atoms with Crippen LogP contribution in [0.5, 0.6) is 0 Å². The molecule has 0 spiro atoms. The van der Waals surface area contributed by atoms with Crippen LogP contribution in [0, 0.1) is 0 Å². The van der Waals surface area contributed by atoms with E-state index in [4.69, 9.17) is 5.11 Å². The molecule has 2 rings (SSSR count). The highest BCUT2D eigenvalue weighted by molar-refractivity contribution is 7.85. The first-order valence-electron chi connectivity index (χ1n) is 5.78. The van der Waals surface area contributed by atoms with Crippen LogP contribution in [0.2, 0.25) is 0 Å². The lowest BCUT2D eigenvalue weighted by molar-refractivity contribution is -0.139. The maximum atomic E-state index is 12.4. The number of rotatable bonds is 2. The topological polar surface area (TPSA) is 66.4 Å². The van der Waals surface area contributed by atoms with E-state index in [9.17, 15) is 22.2 Å². The first-order valence-corrected chi connectivity index (χ1v) is 7.27. The molecular weight excluding hydrogens is 295 g/mol. The summed E-state index contributed by atoms with van der Waals surface area (Å²) in [5, 5.41) is 11.7. The van der Waals surface area contributed by atoms with Gasteiger partial charge in [-0.15, -0.1) is 0 Å². The zero-order valence-corrected chi connectivity index (χ0v) is 11.0. The van der Waals surface area contributed by atoms with Gasteiger partial charge in [-0.25, -0.2) is 0 Å². The van der Waals surface area contributed by atoms with Crippen molar-refractivity contribution in [1.29, 1.82) is 0 Å². The molecule has 4 nitrogen and oxygen atoms in total. The number of benzene rings is 1. The maximum Gasteiger partial charge on any atom is 0.416 e. The zero-order chi connectivity index (χ0) is 14.9. The molecule has 0 amide bonds. The lowest BCUT2D eigenvalue weighted by atomic mass is 10.0. The second kappa shape index (κ2) is 5.53. The molecule has 3 atom stereocenters. The molecule has 3 unspecified atom stereocenters. The first-order chi connectivity index (χ1) is 9.27. The molecule has 1 fully saturated rings. The van der Waals surface area contributed by atoms with Gasteiger partial charge < -0.3 is 5.11 Å². The van der Waals surface area contributed by atoms with Gasteiger partial charge in [0.25, 0.3) is 0 Å². The van der Waals surface area contributed by atoms with Gasteiger partial charge in [0.05, 0.1) is 5.56 Å². The highest BCUT2D eigenvalue weighted by atomic mass is 32.2. The van der Waals surface area contributed by atoms with E-state index in [1.807, 2.05) is 0 Å². The Morgan fingerprint density at radius 1 is 1.25 bits per heavy atom. The second-order valence-corrected chi connectivity index (χ2v) is 6.05. The van der Waals surface area contributed by atoms with E-state index in [1.165, 1.54) is 12.1 Å². The lowest BCUT2D eigenvalue weighted by Crippen LogP contribution is -2.49. The summed E-state index contributed by atoms with van der Waals surface area (Å²) in [6.45, 7) is 0. The quantitative estimate of drug-likeness (QED) is 0.870. The Bertz CT molecular complexity index is 530. The highest BCUT2D eigenvalue weighted by Gasteiger charge is 2.33. The van der Waals surface area contributed by atoms with Gasteiger partial charge in [0.2, 0.25) is 0 Å². The van der Waals surface area contributed by atoms with E-state index in [0.717, 1.165) is 12.1 Å². The first kappa shape index (κ1) is 15.0. The SMILES string of the molecule is O=C(O)C1CS(=O)CC(c2ccc(C(F)(F)F)cc2)N1. The molecule has 2 N–H and O–H groups in total. The van der Waals surface area contributed by atoms with Crippen LogP contribution in [0.3, 0.4) is 0 Å². The summed E-state index contributed by atoms with van der Waals surface area (Å²) in [7, 11) is -1.31. The number of aliphatic carboxylic acids is 1. The Morgan fingerprint density at radius 2 is 1.85 bits per heavy atom. The predicted octanol–water partition coefficient (Wildman–Crippen LogP) is 1.55. The van der Waals surface area contributed by atoms with Crippen molar-refractivity contribution < 1.29 is 27.3 Å². The van der Waals surface area contributed by atoms with Crippen molar-refractivity contribution in [2.75, 3.05) is 11.5 Å². The van der Waals surface area contributed by atoms with Gasteiger partial charge in [0.15, 0.2) is 0 Å². The molecule has 1 aliphatic heterocycles. The molecule has 1 saturated heterocycles. The number of hydrogen-bond acceptors (Lipinski definition) is 3. The minimum Gasteiger partial charge on any atom is -0.480 e. The monoisotopic (exact) mass is 307 g/mol. The van der Waals surface area contributed by atoms with Crippen LogP contribution in [0.15, 0.2) is 24.3 Å². The van der Waals surface area contributed by atoms with Crippen molar-refractivity contribution in [2.45, 2.75) is 18.3 Å². The van der Waals surface area contributed by atoms with E-state index in [-0.39, 0.29) is 11.5 Å². The van der Waals surface area contributed by atoms with Gasteiger partial charge >= 0.3 is 12.1 Å². The summed E-state index contributed by atoms with van der Waals surface area (Å²) in [6.07, 6.45) is -4.41. The van der Waals surface area contributed by atoms with E-state index in [2.05, 4.69) is 5.32 Å². The third kappa shape index (κ3) is 3.37. The number of nitrogens with one attached hydrogen (secondary N) is 1. The van der Waals surface area contributed by atoms with Crippen LogP contribution in [0.1, 0.15) is 17.2 Å². The van der Waals surface area contributed by atoms with E-state index < -0.39 is 40.6 Å². The molecule has 0 aliphatic carbocycles. The molecule has 1 heterocycles. The molecule has 0 bridgehead atoms. The minimum atomic E-state index is -4.41. The standard InChI is InChI=1S/C12H12F3NO3S/c13-12(14,15)8-3-1-7(2-4-8)9-5-20(19)6-10(16-9)11(17)18/h1-4,9-10,16H,5-6H2,(H,17,18). The van der Waals surface area contributed by atoms with E-state index >= 15 is 0 Å². The van der Waals surface area contributed by atoms with Crippen molar-refractivity contribution in [1.82, 2.24) is 5.32 Å². The smallest absolute Gasteiger partial charge is 0.416 e. The van der Waals surface area contributed by atoms with E-state index in [0.29, 0.717) is 5.56 Å². The van der Waals surface area contributed by atoms with Gasteiger partial charge in [0.1, 0.15) is 6.04 Å². The van der Waals surface area contributed by atoms with Crippen LogP contribution in [0.4, 0.5) is 13.2 Å². The Morgan fingerprint density at radius 3 is 2.35 bits per heavy atom. The van der Waals surface area contributed by atoms with Gasteiger partial charge in [-0.2, -0.15) is 13.2 Å². The molecule has 0 aromatic heterocycles. The second-order valence-electron chi connectivity index (χ2n) is 4.50. The summed E-state index contributed by atoms with van der Waals surface area (Å²) >= 11 is 0. The zero-order valence-electron chi connectivity index (χ0n) is 10.2. The Kier molecular flexibility index (Phi) is 4.14. The Labute approximate surface area is 115 Å². The van der Waals surface area contributed by atoms with Crippen molar-refractivity contribution >= 4 is 16.8 Å². The summed E-state index contributed by atoms with van der Waals surface area (Å²) in [5.41, 5.74) is -0.273. The molecule has 20 heavy (non-hydrogen) atoms. The van der Waals surface area contributed by atoms with Gasteiger partial charge in [-0.05, 0) is 17.7 Å². The number of halogens is 3. The van der Waals surface area contributed by atoms with Crippen LogP contribution in [-0.2, 0) is 21.8 Å². The minimum absolute atomic E-state index is 0.00642. The average Bonchev–Trinajstić information content (AvgIpc) is 2.37. The highest BCUT2D eigenvalue weighted by Crippen LogP contribution is 2.30. The summed E-state index contributed by atoms with van der Waals surface area (Å²) in [6, 6.07) is 2.96. The maximum absolute atomic E-state index is 12.4. The number of carboxylic acid groups (broad SMARTS) is 1.